The lowest BCUT2D eigenvalue weighted by Gasteiger charge is -2.18. The van der Waals surface area contributed by atoms with Crippen molar-refractivity contribution in [1.82, 2.24) is 0 Å². The molecule has 0 rings (SSSR count). The summed E-state index contributed by atoms with van der Waals surface area (Å²) in [5.41, 5.74) is 0. The van der Waals surface area contributed by atoms with Crippen LogP contribution in [0, 0.1) is 0 Å². The average molecular weight is 1110 g/mol. The van der Waals surface area contributed by atoms with Gasteiger partial charge in [-0.3, -0.25) is 14.4 Å². The Morgan fingerprint density at radius 3 is 0.775 bits per heavy atom. The lowest BCUT2D eigenvalue weighted by molar-refractivity contribution is -0.167. The van der Waals surface area contributed by atoms with Crippen LogP contribution in [0.4, 0.5) is 0 Å². The zero-order valence-corrected chi connectivity index (χ0v) is 52.8. The summed E-state index contributed by atoms with van der Waals surface area (Å²) in [6.45, 7) is 6.41. The number of esters is 3. The number of allylic oxidation sites excluding steroid dienone is 16. The van der Waals surface area contributed by atoms with Crippen molar-refractivity contribution in [2.24, 2.45) is 0 Å². The molecule has 0 aliphatic carbocycles. The van der Waals surface area contributed by atoms with Crippen LogP contribution >= 0.6 is 0 Å². The van der Waals surface area contributed by atoms with Crippen molar-refractivity contribution in [1.29, 1.82) is 0 Å². The van der Waals surface area contributed by atoms with Gasteiger partial charge in [0.25, 0.3) is 0 Å². The van der Waals surface area contributed by atoms with E-state index < -0.39 is 6.10 Å². The summed E-state index contributed by atoms with van der Waals surface area (Å²) in [6, 6.07) is 0. The van der Waals surface area contributed by atoms with Crippen LogP contribution in [0.2, 0.25) is 0 Å². The van der Waals surface area contributed by atoms with E-state index in [2.05, 4.69) is 118 Å². The van der Waals surface area contributed by atoms with Crippen molar-refractivity contribution in [3.8, 4) is 0 Å². The van der Waals surface area contributed by atoms with Gasteiger partial charge in [-0.2, -0.15) is 0 Å². The minimum Gasteiger partial charge on any atom is -0.462 e. The third-order valence-electron chi connectivity index (χ3n) is 14.8. The van der Waals surface area contributed by atoms with Gasteiger partial charge in [0.1, 0.15) is 13.2 Å². The molecule has 0 saturated carbocycles. The third kappa shape index (κ3) is 65.1. The van der Waals surface area contributed by atoms with E-state index in [1.54, 1.807) is 0 Å². The van der Waals surface area contributed by atoms with E-state index >= 15 is 0 Å². The molecule has 0 fully saturated rings. The first-order chi connectivity index (χ1) is 39.5. The normalized spacial score (nSPS) is 12.7. The van der Waals surface area contributed by atoms with E-state index in [4.69, 9.17) is 14.2 Å². The molecule has 6 nitrogen and oxygen atoms in total. The second kappa shape index (κ2) is 67.8. The quantitative estimate of drug-likeness (QED) is 0.0261. The molecule has 0 bridgehead atoms. The monoisotopic (exact) mass is 1110 g/mol. The molecule has 0 saturated heterocycles. The fraction of sp³-hybridized carbons (Fsp3) is 0.743. The minimum absolute atomic E-state index is 0.0931. The van der Waals surface area contributed by atoms with E-state index in [1.165, 1.54) is 161 Å². The molecular weight excluding hydrogens is 985 g/mol. The van der Waals surface area contributed by atoms with Crippen LogP contribution in [0.15, 0.2) is 97.2 Å². The van der Waals surface area contributed by atoms with E-state index in [0.717, 1.165) is 135 Å². The predicted octanol–water partition coefficient (Wildman–Crippen LogP) is 23.6. The number of hydrogen-bond donors (Lipinski definition) is 0. The molecule has 0 amide bonds. The fourth-order valence-electron chi connectivity index (χ4n) is 9.78. The molecule has 0 aromatic carbocycles. The molecule has 6 heteroatoms. The Morgan fingerprint density at radius 1 is 0.263 bits per heavy atom. The summed E-state index contributed by atoms with van der Waals surface area (Å²) in [5, 5.41) is 0. The van der Waals surface area contributed by atoms with Crippen LogP contribution in [-0.2, 0) is 28.6 Å². The van der Waals surface area contributed by atoms with Crippen LogP contribution in [0.1, 0.15) is 335 Å². The first-order valence-electron chi connectivity index (χ1n) is 34.2. The van der Waals surface area contributed by atoms with Crippen molar-refractivity contribution in [2.45, 2.75) is 341 Å². The van der Waals surface area contributed by atoms with Crippen LogP contribution in [0.25, 0.3) is 0 Å². The standard InChI is InChI=1S/C74H128O6/c1-4-7-10-13-16-19-22-25-27-29-31-33-34-35-36-37-38-39-41-42-44-46-49-52-55-58-61-64-67-73(76)79-70-71(69-78-72(75)66-63-60-57-54-51-48-24-21-18-15-12-9-6-3)80-74(77)68-65-62-59-56-53-50-47-45-43-40-32-30-28-26-23-20-17-14-11-8-5-2/h8-9,11-12,17-18,20-21,26,28,32,40,45,47-48,51,71H,4-7,10,13-16,19,22-25,27,29-31,33-39,41-44,46,49-50,52-70H2,1-3H3/b11-8-,12-9-,20-17-,21-18-,28-26-,40-32-,47-45-,51-48-. The zero-order valence-electron chi connectivity index (χ0n) is 52.8. The lowest BCUT2D eigenvalue weighted by atomic mass is 10.0. The Morgan fingerprint density at radius 2 is 0.487 bits per heavy atom. The Balaban J connectivity index is 4.28. The Kier molecular flexibility index (Phi) is 64.7. The van der Waals surface area contributed by atoms with Gasteiger partial charge >= 0.3 is 17.9 Å². The maximum Gasteiger partial charge on any atom is 0.306 e. The minimum atomic E-state index is -0.801. The number of unbranched alkanes of at least 4 members (excludes halogenated alkanes) is 35. The Bertz CT molecular complexity index is 1560. The van der Waals surface area contributed by atoms with E-state index in [-0.39, 0.29) is 31.1 Å². The van der Waals surface area contributed by atoms with Gasteiger partial charge in [0.15, 0.2) is 6.10 Å². The van der Waals surface area contributed by atoms with E-state index in [0.29, 0.717) is 19.3 Å². The first kappa shape index (κ1) is 76.3. The Labute approximate surface area is 496 Å². The molecule has 80 heavy (non-hydrogen) atoms. The second-order valence-electron chi connectivity index (χ2n) is 22.7. The number of carbonyl (C=O) groups excluding carboxylic acids is 3. The fourth-order valence-corrected chi connectivity index (χ4v) is 9.78. The van der Waals surface area contributed by atoms with Crippen LogP contribution in [0.5, 0.6) is 0 Å². The van der Waals surface area contributed by atoms with Crippen molar-refractivity contribution >= 4 is 17.9 Å². The van der Waals surface area contributed by atoms with Gasteiger partial charge in [0.2, 0.25) is 0 Å². The van der Waals surface area contributed by atoms with Gasteiger partial charge in [0.05, 0.1) is 0 Å². The predicted molar refractivity (Wildman–Crippen MR) is 348 cm³/mol. The van der Waals surface area contributed by atoms with Crippen molar-refractivity contribution in [3.05, 3.63) is 97.2 Å². The molecule has 0 aromatic rings. The highest BCUT2D eigenvalue weighted by Gasteiger charge is 2.19. The molecule has 0 heterocycles. The molecule has 0 spiro atoms. The van der Waals surface area contributed by atoms with Gasteiger partial charge < -0.3 is 14.2 Å². The summed E-state index contributed by atoms with van der Waals surface area (Å²) in [4.78, 5) is 38.3. The molecule has 460 valence electrons. The van der Waals surface area contributed by atoms with Gasteiger partial charge in [-0.05, 0) is 96.3 Å². The molecule has 1 unspecified atom stereocenters. The first-order valence-corrected chi connectivity index (χ1v) is 34.2. The van der Waals surface area contributed by atoms with Crippen LogP contribution in [-0.4, -0.2) is 37.2 Å². The summed E-state index contributed by atoms with van der Waals surface area (Å²) in [7, 11) is 0. The maximum atomic E-state index is 12.9. The molecule has 0 radical (unpaired) electrons. The molecular formula is C74H128O6. The lowest BCUT2D eigenvalue weighted by Crippen LogP contribution is -2.30. The van der Waals surface area contributed by atoms with E-state index in [9.17, 15) is 14.4 Å². The maximum absolute atomic E-state index is 12.9. The Hall–Kier alpha value is -3.67. The number of hydrogen-bond acceptors (Lipinski definition) is 6. The van der Waals surface area contributed by atoms with Crippen molar-refractivity contribution in [2.75, 3.05) is 13.2 Å². The highest BCUT2D eigenvalue weighted by atomic mass is 16.6. The smallest absolute Gasteiger partial charge is 0.306 e. The van der Waals surface area contributed by atoms with Crippen LogP contribution in [0.3, 0.4) is 0 Å². The van der Waals surface area contributed by atoms with Gasteiger partial charge in [-0.15, -0.1) is 0 Å². The summed E-state index contributed by atoms with van der Waals surface area (Å²) >= 11 is 0. The molecule has 0 aromatic heterocycles. The summed E-state index contributed by atoms with van der Waals surface area (Å²) < 4.78 is 16.9. The van der Waals surface area contributed by atoms with Crippen LogP contribution < -0.4 is 0 Å². The van der Waals surface area contributed by atoms with Crippen molar-refractivity contribution < 1.29 is 28.6 Å². The molecule has 0 aliphatic rings. The SMILES string of the molecule is CC/C=C\C/C=C\C/C=C\C/C=C\C/C=C\CCCCCCCC(=O)OC(COC(=O)CCCCC/C=C\C/C=C\C/C=C\CC)COC(=O)CCCCCCCCCCCCCCCCCCCCCCCCCCCCCC. The third-order valence-corrected chi connectivity index (χ3v) is 14.8. The summed E-state index contributed by atoms with van der Waals surface area (Å²) in [6.07, 6.45) is 91.6. The topological polar surface area (TPSA) is 78.9 Å². The highest BCUT2D eigenvalue weighted by Crippen LogP contribution is 2.18. The van der Waals surface area contributed by atoms with Gasteiger partial charge in [-0.1, -0.05) is 317 Å². The van der Waals surface area contributed by atoms with E-state index in [1.807, 2.05) is 0 Å². The van der Waals surface area contributed by atoms with Gasteiger partial charge in [-0.25, -0.2) is 0 Å². The van der Waals surface area contributed by atoms with Crippen molar-refractivity contribution in [3.63, 3.8) is 0 Å². The number of rotatable bonds is 62. The zero-order chi connectivity index (χ0) is 57.8. The molecule has 1 atom stereocenters. The summed E-state index contributed by atoms with van der Waals surface area (Å²) in [5.74, 6) is -0.930. The number of ether oxygens (including phenoxy) is 3. The molecule has 0 N–H and O–H groups in total. The number of carbonyl (C=O) groups is 3. The van der Waals surface area contributed by atoms with Gasteiger partial charge in [0, 0.05) is 19.3 Å². The highest BCUT2D eigenvalue weighted by molar-refractivity contribution is 5.71. The second-order valence-corrected chi connectivity index (χ2v) is 22.7. The average Bonchev–Trinajstić information content (AvgIpc) is 3.46. The molecule has 0 aliphatic heterocycles. The largest absolute Gasteiger partial charge is 0.462 e.